The number of ketones is 1. The van der Waals surface area contributed by atoms with E-state index < -0.39 is 0 Å². The molecule has 0 amide bonds. The van der Waals surface area contributed by atoms with Gasteiger partial charge < -0.3 is 9.84 Å². The molecule has 3 heterocycles. The largest absolute Gasteiger partial charge is 0.506 e. The van der Waals surface area contributed by atoms with Crippen molar-refractivity contribution in [1.82, 2.24) is 14.5 Å². The van der Waals surface area contributed by atoms with Crippen molar-refractivity contribution in [3.05, 3.63) is 48.4 Å². The Morgan fingerprint density at radius 3 is 2.88 bits per heavy atom. The Balaban J connectivity index is 1.62. The Hall–Kier alpha value is -2.93. The molecule has 0 spiro atoms. The topological polar surface area (TPSA) is 79.4 Å². The van der Waals surface area contributed by atoms with E-state index in [4.69, 9.17) is 4.74 Å². The zero-order valence-corrected chi connectivity index (χ0v) is 14.3. The average Bonchev–Trinajstić information content (AvgIpc) is 3.26. The molecule has 0 radical (unpaired) electrons. The number of aromatic nitrogens is 2. The average molecular weight is 352 g/mol. The van der Waals surface area contributed by atoms with Gasteiger partial charge in [-0.15, -0.1) is 5.10 Å². The first-order valence-electron chi connectivity index (χ1n) is 8.75. The Bertz CT molecular complexity index is 920. The van der Waals surface area contributed by atoms with E-state index >= 15 is 0 Å². The van der Waals surface area contributed by atoms with E-state index in [0.29, 0.717) is 23.9 Å². The lowest BCUT2D eigenvalue weighted by Crippen LogP contribution is -2.25. The van der Waals surface area contributed by atoms with Crippen molar-refractivity contribution in [2.45, 2.75) is 12.8 Å². The Labute approximate surface area is 150 Å². The number of allylic oxidation sites excluding steroid dienone is 3. The number of hydrogen-bond donors (Lipinski definition) is 1. The third-order valence-electron chi connectivity index (χ3n) is 4.51. The molecule has 0 aromatic carbocycles. The molecule has 1 N–H and O–H groups in total. The summed E-state index contributed by atoms with van der Waals surface area (Å²) in [6, 6.07) is 5.66. The van der Waals surface area contributed by atoms with Crippen LogP contribution in [0.2, 0.25) is 0 Å². The van der Waals surface area contributed by atoms with Crippen LogP contribution in [-0.2, 0) is 4.79 Å². The third-order valence-corrected chi connectivity index (χ3v) is 4.51. The van der Waals surface area contributed by atoms with Gasteiger partial charge in [0.2, 0.25) is 0 Å². The number of aliphatic imine (C=N–C) groups is 1. The van der Waals surface area contributed by atoms with Gasteiger partial charge in [-0.25, -0.2) is 9.51 Å². The molecule has 2 aromatic heterocycles. The number of aliphatic hydroxyl groups is 1. The zero-order chi connectivity index (χ0) is 17.9. The van der Waals surface area contributed by atoms with Crippen LogP contribution in [0.15, 0.2) is 53.4 Å². The van der Waals surface area contributed by atoms with E-state index in [1.54, 1.807) is 4.52 Å². The second-order valence-corrected chi connectivity index (χ2v) is 6.34. The summed E-state index contributed by atoms with van der Waals surface area (Å²) in [5.41, 5.74) is 1.63. The Kier molecular flexibility index (Phi) is 4.53. The fraction of sp³-hybridized carbons (Fsp3) is 0.316. The van der Waals surface area contributed by atoms with Crippen molar-refractivity contribution in [2.24, 2.45) is 4.99 Å². The zero-order valence-electron chi connectivity index (χ0n) is 14.3. The number of rotatable bonds is 5. The normalized spacial score (nSPS) is 19.5. The van der Waals surface area contributed by atoms with E-state index in [-0.39, 0.29) is 11.5 Å². The Morgan fingerprint density at radius 2 is 2.08 bits per heavy atom. The summed E-state index contributed by atoms with van der Waals surface area (Å²) >= 11 is 0. The molecule has 134 valence electrons. The van der Waals surface area contributed by atoms with E-state index in [9.17, 15) is 9.90 Å². The fourth-order valence-electron chi connectivity index (χ4n) is 3.16. The van der Waals surface area contributed by atoms with Crippen molar-refractivity contribution < 1.29 is 14.6 Å². The van der Waals surface area contributed by atoms with Crippen LogP contribution in [-0.4, -0.2) is 57.4 Å². The van der Waals surface area contributed by atoms with Crippen molar-refractivity contribution in [2.75, 3.05) is 26.2 Å². The van der Waals surface area contributed by atoms with Gasteiger partial charge in [0.25, 0.3) is 5.88 Å². The minimum absolute atomic E-state index is 0.157. The SMILES string of the molecule is O=C1C=CC(=Nc2c(OCCN3CCCC3)nn3ccccc23)C(O)=C1. The number of pyridine rings is 1. The fourth-order valence-corrected chi connectivity index (χ4v) is 3.16. The summed E-state index contributed by atoms with van der Waals surface area (Å²) in [6.45, 7) is 3.60. The predicted molar refractivity (Wildman–Crippen MR) is 98.3 cm³/mol. The maximum atomic E-state index is 11.3. The number of ether oxygens (including phenoxy) is 1. The molecule has 1 saturated heterocycles. The van der Waals surface area contributed by atoms with Crippen LogP contribution in [0, 0.1) is 0 Å². The molecular weight excluding hydrogens is 332 g/mol. The molecule has 0 atom stereocenters. The number of likely N-dealkylation sites (tertiary alicyclic amines) is 1. The summed E-state index contributed by atoms with van der Waals surface area (Å²) in [4.78, 5) is 18.2. The molecule has 0 saturated carbocycles. The van der Waals surface area contributed by atoms with Gasteiger partial charge in [0.05, 0.1) is 5.52 Å². The first kappa shape index (κ1) is 16.5. The van der Waals surface area contributed by atoms with Crippen LogP contribution in [0.3, 0.4) is 0 Å². The van der Waals surface area contributed by atoms with Crippen molar-refractivity contribution >= 4 is 22.7 Å². The van der Waals surface area contributed by atoms with Crippen LogP contribution in [0.4, 0.5) is 5.69 Å². The lowest BCUT2D eigenvalue weighted by Gasteiger charge is -2.14. The van der Waals surface area contributed by atoms with Crippen LogP contribution in [0.1, 0.15) is 12.8 Å². The van der Waals surface area contributed by atoms with Gasteiger partial charge in [0.1, 0.15) is 18.1 Å². The second-order valence-electron chi connectivity index (χ2n) is 6.34. The number of carbonyl (C=O) groups excluding carboxylic acids is 1. The summed E-state index contributed by atoms with van der Waals surface area (Å²) in [5, 5.41) is 14.5. The number of fused-ring (bicyclic) bond motifs is 1. The standard InChI is InChI=1S/C19H20N4O3/c24-14-6-7-15(17(25)13-14)20-18-16-5-1-2-10-23(16)21-19(18)26-12-11-22-8-3-4-9-22/h1-2,5-7,10,13,25H,3-4,8-9,11-12H2. The van der Waals surface area contributed by atoms with Crippen molar-refractivity contribution in [1.29, 1.82) is 0 Å². The van der Waals surface area contributed by atoms with Crippen molar-refractivity contribution in [3.63, 3.8) is 0 Å². The van der Waals surface area contributed by atoms with Gasteiger partial charge in [-0.3, -0.25) is 9.69 Å². The van der Waals surface area contributed by atoms with E-state index in [2.05, 4.69) is 15.0 Å². The summed E-state index contributed by atoms with van der Waals surface area (Å²) in [5.74, 6) is 0.000181. The monoisotopic (exact) mass is 352 g/mol. The van der Waals surface area contributed by atoms with Crippen molar-refractivity contribution in [3.8, 4) is 5.88 Å². The first-order chi connectivity index (χ1) is 12.7. The number of nitrogens with zero attached hydrogens (tertiary/aromatic N) is 4. The molecule has 0 unspecified atom stereocenters. The van der Waals surface area contributed by atoms with Gasteiger partial charge in [-0.2, -0.15) is 0 Å². The highest BCUT2D eigenvalue weighted by molar-refractivity contribution is 6.19. The van der Waals surface area contributed by atoms with Crippen LogP contribution in [0.5, 0.6) is 5.88 Å². The minimum atomic E-state index is -0.261. The van der Waals surface area contributed by atoms with Crippen LogP contribution in [0.25, 0.3) is 5.52 Å². The van der Waals surface area contributed by atoms with Gasteiger partial charge in [-0.1, -0.05) is 6.07 Å². The summed E-state index contributed by atoms with van der Waals surface area (Å²) < 4.78 is 7.61. The molecule has 2 aromatic rings. The first-order valence-corrected chi connectivity index (χ1v) is 8.75. The molecule has 4 rings (SSSR count). The number of aliphatic hydroxyl groups excluding tert-OH is 1. The van der Waals surface area contributed by atoms with Gasteiger partial charge in [0, 0.05) is 18.8 Å². The second kappa shape index (κ2) is 7.13. The molecule has 2 aliphatic rings. The maximum absolute atomic E-state index is 11.3. The Morgan fingerprint density at radius 1 is 1.23 bits per heavy atom. The quantitative estimate of drug-likeness (QED) is 0.836. The van der Waals surface area contributed by atoms with E-state index in [0.717, 1.165) is 31.2 Å². The maximum Gasteiger partial charge on any atom is 0.260 e. The molecule has 7 heteroatoms. The van der Waals surface area contributed by atoms with E-state index in [1.165, 1.54) is 25.0 Å². The third kappa shape index (κ3) is 3.39. The molecule has 26 heavy (non-hydrogen) atoms. The number of hydrogen-bond acceptors (Lipinski definition) is 6. The number of carbonyl (C=O) groups is 1. The molecule has 1 aliphatic heterocycles. The highest BCUT2D eigenvalue weighted by atomic mass is 16.5. The minimum Gasteiger partial charge on any atom is -0.506 e. The van der Waals surface area contributed by atoms with Crippen LogP contribution < -0.4 is 4.74 Å². The molecular formula is C19H20N4O3. The smallest absolute Gasteiger partial charge is 0.260 e. The van der Waals surface area contributed by atoms with E-state index in [1.807, 2.05) is 24.4 Å². The van der Waals surface area contributed by atoms with Crippen LogP contribution >= 0.6 is 0 Å². The predicted octanol–water partition coefficient (Wildman–Crippen LogP) is 2.46. The van der Waals surface area contributed by atoms with Gasteiger partial charge in [-0.05, 0) is 50.2 Å². The summed E-state index contributed by atoms with van der Waals surface area (Å²) in [6.07, 6.45) is 8.32. The van der Waals surface area contributed by atoms with Gasteiger partial charge >= 0.3 is 0 Å². The van der Waals surface area contributed by atoms with Gasteiger partial charge in [0.15, 0.2) is 11.5 Å². The molecule has 1 aliphatic carbocycles. The lowest BCUT2D eigenvalue weighted by molar-refractivity contribution is -0.110. The summed E-state index contributed by atoms with van der Waals surface area (Å²) in [7, 11) is 0. The molecule has 0 bridgehead atoms. The highest BCUT2D eigenvalue weighted by Gasteiger charge is 2.18. The highest BCUT2D eigenvalue weighted by Crippen LogP contribution is 2.32. The molecule has 1 fully saturated rings. The lowest BCUT2D eigenvalue weighted by atomic mass is 10.1. The molecule has 7 nitrogen and oxygen atoms in total.